The Bertz CT molecular complexity index is 568. The van der Waals surface area contributed by atoms with Gasteiger partial charge in [-0.3, -0.25) is 0 Å². The van der Waals surface area contributed by atoms with Crippen LogP contribution in [0, 0.1) is 10.5 Å². The minimum absolute atomic E-state index is 0.593. The molecule has 0 aliphatic heterocycles. The molecule has 2 rings (SSSR count). The number of hydrogen-bond acceptors (Lipinski definition) is 1. The summed E-state index contributed by atoms with van der Waals surface area (Å²) in [6.45, 7) is 2.75. The molecule has 1 N–H and O–H groups in total. The number of benzene rings is 2. The minimum atomic E-state index is 0.593. The Morgan fingerprint density at radius 3 is 2.72 bits per heavy atom. The topological polar surface area (TPSA) is 12.0 Å². The fraction of sp³-hybridized carbons (Fsp3) is 0.143. The van der Waals surface area contributed by atoms with Gasteiger partial charge in [-0.2, -0.15) is 0 Å². The van der Waals surface area contributed by atoms with Gasteiger partial charge in [-0.05, 0) is 58.8 Å². The number of hydrogen-bond donors (Lipinski definition) is 1. The molecule has 0 spiro atoms. The Labute approximate surface area is 131 Å². The third-order valence-electron chi connectivity index (χ3n) is 2.70. The molecule has 0 bridgehead atoms. The fourth-order valence-corrected chi connectivity index (χ4v) is 2.54. The Morgan fingerprint density at radius 2 is 1.94 bits per heavy atom. The SMILES string of the molecule is Cc1ccc(I)cc1NCc1cccc(Cl)c1Cl. The van der Waals surface area contributed by atoms with Crippen LogP contribution in [0.15, 0.2) is 36.4 Å². The average Bonchev–Trinajstić information content (AvgIpc) is 2.35. The van der Waals surface area contributed by atoms with E-state index in [1.54, 1.807) is 6.07 Å². The third-order valence-corrected chi connectivity index (χ3v) is 4.23. The lowest BCUT2D eigenvalue weighted by Crippen LogP contribution is -2.02. The predicted octanol–water partition coefficient (Wildman–Crippen LogP) is 5.52. The van der Waals surface area contributed by atoms with Crippen LogP contribution in [-0.2, 0) is 6.54 Å². The van der Waals surface area contributed by atoms with E-state index in [1.807, 2.05) is 12.1 Å². The number of rotatable bonds is 3. The van der Waals surface area contributed by atoms with Gasteiger partial charge in [0, 0.05) is 15.8 Å². The molecular formula is C14H12Cl2IN. The minimum Gasteiger partial charge on any atom is -0.381 e. The maximum Gasteiger partial charge on any atom is 0.0642 e. The number of aryl methyl sites for hydroxylation is 1. The van der Waals surface area contributed by atoms with E-state index in [1.165, 1.54) is 9.13 Å². The van der Waals surface area contributed by atoms with Crippen molar-refractivity contribution in [3.63, 3.8) is 0 Å². The Balaban J connectivity index is 2.16. The van der Waals surface area contributed by atoms with Crippen molar-refractivity contribution in [3.8, 4) is 0 Å². The van der Waals surface area contributed by atoms with Crippen molar-refractivity contribution in [2.24, 2.45) is 0 Å². The average molecular weight is 392 g/mol. The molecule has 0 fully saturated rings. The quantitative estimate of drug-likeness (QED) is 0.679. The maximum absolute atomic E-state index is 6.16. The smallest absolute Gasteiger partial charge is 0.0642 e. The van der Waals surface area contributed by atoms with E-state index in [-0.39, 0.29) is 0 Å². The fourth-order valence-electron chi connectivity index (χ4n) is 1.66. The molecular weight excluding hydrogens is 380 g/mol. The Kier molecular flexibility index (Phi) is 4.76. The summed E-state index contributed by atoms with van der Waals surface area (Å²) in [6.07, 6.45) is 0. The van der Waals surface area contributed by atoms with Crippen molar-refractivity contribution in [1.82, 2.24) is 0 Å². The molecule has 0 aliphatic carbocycles. The second kappa shape index (κ2) is 6.13. The summed E-state index contributed by atoms with van der Waals surface area (Å²) in [5, 5.41) is 4.60. The summed E-state index contributed by atoms with van der Waals surface area (Å²) in [4.78, 5) is 0. The van der Waals surface area contributed by atoms with E-state index < -0.39 is 0 Å². The van der Waals surface area contributed by atoms with Crippen molar-refractivity contribution in [2.75, 3.05) is 5.32 Å². The molecule has 4 heteroatoms. The van der Waals surface area contributed by atoms with Gasteiger partial charge in [0.2, 0.25) is 0 Å². The molecule has 2 aromatic rings. The second-order valence-electron chi connectivity index (χ2n) is 4.03. The van der Waals surface area contributed by atoms with Gasteiger partial charge in [-0.25, -0.2) is 0 Å². The second-order valence-corrected chi connectivity index (χ2v) is 6.06. The van der Waals surface area contributed by atoms with Gasteiger partial charge >= 0.3 is 0 Å². The van der Waals surface area contributed by atoms with Gasteiger partial charge in [-0.1, -0.05) is 41.4 Å². The summed E-state index contributed by atoms with van der Waals surface area (Å²) >= 11 is 14.4. The van der Waals surface area contributed by atoms with Crippen LogP contribution < -0.4 is 5.32 Å². The van der Waals surface area contributed by atoms with Crippen LogP contribution in [0.5, 0.6) is 0 Å². The van der Waals surface area contributed by atoms with Crippen LogP contribution in [0.25, 0.3) is 0 Å². The van der Waals surface area contributed by atoms with Crippen molar-refractivity contribution in [2.45, 2.75) is 13.5 Å². The predicted molar refractivity (Wildman–Crippen MR) is 87.7 cm³/mol. The van der Waals surface area contributed by atoms with Crippen LogP contribution in [0.2, 0.25) is 10.0 Å². The first-order valence-electron chi connectivity index (χ1n) is 5.51. The molecule has 94 valence electrons. The first-order valence-corrected chi connectivity index (χ1v) is 7.34. The largest absolute Gasteiger partial charge is 0.381 e. The van der Waals surface area contributed by atoms with E-state index in [9.17, 15) is 0 Å². The van der Waals surface area contributed by atoms with Crippen LogP contribution >= 0.6 is 45.8 Å². The van der Waals surface area contributed by atoms with Gasteiger partial charge in [0.15, 0.2) is 0 Å². The zero-order valence-corrected chi connectivity index (χ0v) is 13.5. The molecule has 0 heterocycles. The zero-order valence-electron chi connectivity index (χ0n) is 9.81. The Hall–Kier alpha value is -0.450. The van der Waals surface area contributed by atoms with Crippen molar-refractivity contribution < 1.29 is 0 Å². The molecule has 0 atom stereocenters. The molecule has 0 amide bonds. The van der Waals surface area contributed by atoms with E-state index in [0.717, 1.165) is 11.3 Å². The monoisotopic (exact) mass is 391 g/mol. The third kappa shape index (κ3) is 3.31. The van der Waals surface area contributed by atoms with Crippen LogP contribution in [-0.4, -0.2) is 0 Å². The van der Waals surface area contributed by atoms with Crippen LogP contribution in [0.3, 0.4) is 0 Å². The van der Waals surface area contributed by atoms with Crippen molar-refractivity contribution in [3.05, 3.63) is 61.1 Å². The lowest BCUT2D eigenvalue weighted by atomic mass is 10.2. The van der Waals surface area contributed by atoms with Gasteiger partial charge in [0.25, 0.3) is 0 Å². The molecule has 2 aromatic carbocycles. The van der Waals surface area contributed by atoms with E-state index in [0.29, 0.717) is 16.6 Å². The summed E-state index contributed by atoms with van der Waals surface area (Å²) in [5.41, 5.74) is 3.34. The molecule has 0 radical (unpaired) electrons. The highest BCUT2D eigenvalue weighted by Gasteiger charge is 2.05. The summed E-state index contributed by atoms with van der Waals surface area (Å²) in [5.74, 6) is 0. The standard InChI is InChI=1S/C14H12Cl2IN/c1-9-5-6-11(17)7-13(9)18-8-10-3-2-4-12(15)14(10)16/h2-7,18H,8H2,1H3. The molecule has 1 nitrogen and oxygen atoms in total. The highest BCUT2D eigenvalue weighted by Crippen LogP contribution is 2.27. The van der Waals surface area contributed by atoms with Gasteiger partial charge < -0.3 is 5.32 Å². The van der Waals surface area contributed by atoms with Gasteiger partial charge in [0.05, 0.1) is 10.0 Å². The molecule has 0 saturated heterocycles. The first-order chi connectivity index (χ1) is 8.58. The summed E-state index contributed by atoms with van der Waals surface area (Å²) in [7, 11) is 0. The van der Waals surface area contributed by atoms with Gasteiger partial charge in [-0.15, -0.1) is 0 Å². The molecule has 0 saturated carbocycles. The number of anilines is 1. The highest BCUT2D eigenvalue weighted by molar-refractivity contribution is 14.1. The van der Waals surface area contributed by atoms with E-state index >= 15 is 0 Å². The molecule has 18 heavy (non-hydrogen) atoms. The van der Waals surface area contributed by atoms with E-state index in [2.05, 4.69) is 53.0 Å². The lowest BCUT2D eigenvalue weighted by molar-refractivity contribution is 1.14. The molecule has 0 aromatic heterocycles. The summed E-state index contributed by atoms with van der Waals surface area (Å²) < 4.78 is 1.21. The number of nitrogens with one attached hydrogen (secondary N) is 1. The zero-order chi connectivity index (χ0) is 13.1. The molecule has 0 aliphatic rings. The first kappa shape index (κ1) is 14.0. The highest BCUT2D eigenvalue weighted by atomic mass is 127. The van der Waals surface area contributed by atoms with Crippen molar-refractivity contribution in [1.29, 1.82) is 0 Å². The number of halogens is 3. The van der Waals surface area contributed by atoms with Crippen LogP contribution in [0.4, 0.5) is 5.69 Å². The normalized spacial score (nSPS) is 10.4. The van der Waals surface area contributed by atoms with Gasteiger partial charge in [0.1, 0.15) is 0 Å². The van der Waals surface area contributed by atoms with Crippen LogP contribution in [0.1, 0.15) is 11.1 Å². The van der Waals surface area contributed by atoms with E-state index in [4.69, 9.17) is 23.2 Å². The Morgan fingerprint density at radius 1 is 1.17 bits per heavy atom. The lowest BCUT2D eigenvalue weighted by Gasteiger charge is -2.11. The maximum atomic E-state index is 6.16. The molecule has 0 unspecified atom stereocenters. The summed E-state index contributed by atoms with van der Waals surface area (Å²) in [6, 6.07) is 12.0. The van der Waals surface area contributed by atoms with Crippen molar-refractivity contribution >= 4 is 51.5 Å².